The highest BCUT2D eigenvalue weighted by atomic mass is 16.5. The zero-order valence-electron chi connectivity index (χ0n) is 15.6. The minimum absolute atomic E-state index is 0.429. The summed E-state index contributed by atoms with van der Waals surface area (Å²) in [4.78, 5) is 9.69. The summed E-state index contributed by atoms with van der Waals surface area (Å²) in [5.74, 6) is 0.915. The first-order valence-corrected chi connectivity index (χ1v) is 9.36. The second kappa shape index (κ2) is 10.9. The van der Waals surface area contributed by atoms with Crippen molar-refractivity contribution in [3.05, 3.63) is 0 Å². The Bertz CT molecular complexity index is 374. The van der Waals surface area contributed by atoms with E-state index in [0.717, 1.165) is 78.2 Å². The molecular formula is C17H35N5O2. The minimum atomic E-state index is 0.429. The largest absolute Gasteiger partial charge is 0.379 e. The van der Waals surface area contributed by atoms with Crippen molar-refractivity contribution in [3.63, 3.8) is 0 Å². The lowest BCUT2D eigenvalue weighted by Gasteiger charge is -2.37. The Hall–Kier alpha value is -0.890. The molecular weight excluding hydrogens is 306 g/mol. The maximum Gasteiger partial charge on any atom is 0.191 e. The fraction of sp³-hybridized carbons (Fsp3) is 0.941. The van der Waals surface area contributed by atoms with Crippen LogP contribution >= 0.6 is 0 Å². The predicted molar refractivity (Wildman–Crippen MR) is 97.7 cm³/mol. The lowest BCUT2D eigenvalue weighted by atomic mass is 10.2. The molecule has 24 heavy (non-hydrogen) atoms. The van der Waals surface area contributed by atoms with Crippen molar-refractivity contribution in [2.45, 2.75) is 32.9 Å². The van der Waals surface area contributed by atoms with E-state index in [1.165, 1.54) is 0 Å². The summed E-state index contributed by atoms with van der Waals surface area (Å²) in [6.07, 6.45) is 0. The SMILES string of the molecule is CCNC(=NCC(C)N1CCOCC1C)NCCN1CCOCC1. The summed E-state index contributed by atoms with van der Waals surface area (Å²) >= 11 is 0. The Balaban J connectivity index is 1.74. The molecule has 2 N–H and O–H groups in total. The zero-order valence-corrected chi connectivity index (χ0v) is 15.6. The average Bonchev–Trinajstić information content (AvgIpc) is 2.60. The topological polar surface area (TPSA) is 61.4 Å². The van der Waals surface area contributed by atoms with Crippen LogP contribution in [0, 0.1) is 0 Å². The molecule has 0 radical (unpaired) electrons. The van der Waals surface area contributed by atoms with Crippen LogP contribution in [0.4, 0.5) is 0 Å². The third kappa shape index (κ3) is 6.55. The van der Waals surface area contributed by atoms with Gasteiger partial charge in [0.15, 0.2) is 5.96 Å². The summed E-state index contributed by atoms with van der Waals surface area (Å²) in [6.45, 7) is 16.6. The molecule has 0 aromatic rings. The van der Waals surface area contributed by atoms with Crippen LogP contribution in [-0.4, -0.2) is 100 Å². The highest BCUT2D eigenvalue weighted by molar-refractivity contribution is 5.79. The number of guanidine groups is 1. The summed E-state index contributed by atoms with van der Waals surface area (Å²) in [6, 6.07) is 0.902. The molecule has 140 valence electrons. The molecule has 7 heteroatoms. The third-order valence-corrected chi connectivity index (χ3v) is 4.67. The van der Waals surface area contributed by atoms with Crippen LogP contribution in [-0.2, 0) is 9.47 Å². The van der Waals surface area contributed by atoms with Crippen LogP contribution in [0.1, 0.15) is 20.8 Å². The maximum atomic E-state index is 5.52. The number of aliphatic imine (C=N–C) groups is 1. The van der Waals surface area contributed by atoms with E-state index in [9.17, 15) is 0 Å². The summed E-state index contributed by atoms with van der Waals surface area (Å²) in [5.41, 5.74) is 0. The van der Waals surface area contributed by atoms with Gasteiger partial charge >= 0.3 is 0 Å². The molecule has 0 amide bonds. The van der Waals surface area contributed by atoms with Crippen molar-refractivity contribution in [2.24, 2.45) is 4.99 Å². The molecule has 2 rings (SSSR count). The monoisotopic (exact) mass is 341 g/mol. The fourth-order valence-corrected chi connectivity index (χ4v) is 3.22. The lowest BCUT2D eigenvalue weighted by Crippen LogP contribution is -2.50. The maximum absolute atomic E-state index is 5.52. The van der Waals surface area contributed by atoms with Crippen LogP contribution in [0.3, 0.4) is 0 Å². The molecule has 2 aliphatic rings. The molecule has 2 unspecified atom stereocenters. The van der Waals surface area contributed by atoms with Crippen molar-refractivity contribution < 1.29 is 9.47 Å². The summed E-state index contributed by atoms with van der Waals surface area (Å²) in [5, 5.41) is 6.79. The molecule has 0 bridgehead atoms. The number of hydrogen-bond donors (Lipinski definition) is 2. The standard InChI is InChI=1S/C17H35N5O2/c1-4-18-17(19-5-6-21-7-10-23-11-8-21)20-13-15(2)22-9-12-24-14-16(22)3/h15-16H,4-14H2,1-3H3,(H2,18,19,20). The molecule has 0 aromatic carbocycles. The van der Waals surface area contributed by atoms with Gasteiger partial charge in [0, 0.05) is 51.4 Å². The quantitative estimate of drug-likeness (QED) is 0.501. The number of hydrogen-bond acceptors (Lipinski definition) is 5. The van der Waals surface area contributed by atoms with Gasteiger partial charge < -0.3 is 20.1 Å². The molecule has 2 heterocycles. The van der Waals surface area contributed by atoms with Crippen molar-refractivity contribution in [1.82, 2.24) is 20.4 Å². The summed E-state index contributed by atoms with van der Waals surface area (Å²) < 4.78 is 10.9. The molecule has 2 atom stereocenters. The first kappa shape index (κ1) is 19.4. The van der Waals surface area contributed by atoms with E-state index in [1.807, 2.05) is 0 Å². The fourth-order valence-electron chi connectivity index (χ4n) is 3.22. The summed E-state index contributed by atoms with van der Waals surface area (Å²) in [7, 11) is 0. The minimum Gasteiger partial charge on any atom is -0.379 e. The van der Waals surface area contributed by atoms with Gasteiger partial charge in [0.1, 0.15) is 0 Å². The smallest absolute Gasteiger partial charge is 0.191 e. The van der Waals surface area contributed by atoms with Gasteiger partial charge in [-0.25, -0.2) is 0 Å². The highest BCUT2D eigenvalue weighted by Gasteiger charge is 2.23. The van der Waals surface area contributed by atoms with Crippen LogP contribution in [0.2, 0.25) is 0 Å². The van der Waals surface area contributed by atoms with Gasteiger partial charge in [-0.15, -0.1) is 0 Å². The van der Waals surface area contributed by atoms with Crippen LogP contribution in [0.5, 0.6) is 0 Å². The van der Waals surface area contributed by atoms with E-state index in [-0.39, 0.29) is 0 Å². The van der Waals surface area contributed by atoms with E-state index < -0.39 is 0 Å². The van der Waals surface area contributed by atoms with Gasteiger partial charge in [0.05, 0.1) is 33.0 Å². The number of morpholine rings is 2. The number of rotatable bonds is 7. The molecule has 7 nitrogen and oxygen atoms in total. The molecule has 2 aliphatic heterocycles. The Morgan fingerprint density at radius 2 is 1.92 bits per heavy atom. The Kier molecular flexibility index (Phi) is 8.80. The molecule has 0 aliphatic carbocycles. The second-order valence-corrected chi connectivity index (χ2v) is 6.61. The van der Waals surface area contributed by atoms with E-state index in [4.69, 9.17) is 14.5 Å². The average molecular weight is 342 g/mol. The molecule has 0 spiro atoms. The molecule has 2 fully saturated rings. The van der Waals surface area contributed by atoms with Crippen LogP contribution in [0.25, 0.3) is 0 Å². The zero-order chi connectivity index (χ0) is 17.2. The van der Waals surface area contributed by atoms with Crippen molar-refractivity contribution >= 4 is 5.96 Å². The number of nitrogens with one attached hydrogen (secondary N) is 2. The van der Waals surface area contributed by atoms with Gasteiger partial charge in [0.2, 0.25) is 0 Å². The number of nitrogens with zero attached hydrogens (tertiary/aromatic N) is 3. The Morgan fingerprint density at radius 1 is 1.17 bits per heavy atom. The van der Waals surface area contributed by atoms with E-state index >= 15 is 0 Å². The van der Waals surface area contributed by atoms with Crippen molar-refractivity contribution in [2.75, 3.05) is 72.2 Å². The molecule has 0 saturated carbocycles. The van der Waals surface area contributed by atoms with Crippen LogP contribution in [0.15, 0.2) is 4.99 Å². The van der Waals surface area contributed by atoms with E-state index in [1.54, 1.807) is 0 Å². The predicted octanol–water partition coefficient (Wildman–Crippen LogP) is -0.0171. The highest BCUT2D eigenvalue weighted by Crippen LogP contribution is 2.10. The first-order valence-electron chi connectivity index (χ1n) is 9.36. The number of ether oxygens (including phenoxy) is 2. The van der Waals surface area contributed by atoms with Gasteiger partial charge in [-0.3, -0.25) is 14.8 Å². The van der Waals surface area contributed by atoms with E-state index in [2.05, 4.69) is 41.2 Å². The third-order valence-electron chi connectivity index (χ3n) is 4.67. The molecule has 0 aromatic heterocycles. The normalized spacial score (nSPS) is 25.5. The lowest BCUT2D eigenvalue weighted by molar-refractivity contribution is -0.0165. The van der Waals surface area contributed by atoms with Crippen LogP contribution < -0.4 is 10.6 Å². The van der Waals surface area contributed by atoms with E-state index in [0.29, 0.717) is 12.1 Å². The van der Waals surface area contributed by atoms with Crippen molar-refractivity contribution in [1.29, 1.82) is 0 Å². The first-order chi connectivity index (χ1) is 11.7. The second-order valence-electron chi connectivity index (χ2n) is 6.61. The van der Waals surface area contributed by atoms with Gasteiger partial charge in [0.25, 0.3) is 0 Å². The van der Waals surface area contributed by atoms with Gasteiger partial charge in [-0.2, -0.15) is 0 Å². The van der Waals surface area contributed by atoms with Gasteiger partial charge in [-0.1, -0.05) is 0 Å². The Morgan fingerprint density at radius 3 is 2.62 bits per heavy atom. The molecule has 2 saturated heterocycles. The van der Waals surface area contributed by atoms with Crippen molar-refractivity contribution in [3.8, 4) is 0 Å². The van der Waals surface area contributed by atoms with Gasteiger partial charge in [-0.05, 0) is 20.8 Å². The Labute approximate surface area is 146 Å².